The van der Waals surface area contributed by atoms with Crippen LogP contribution in [0.1, 0.15) is 70.6 Å². The van der Waals surface area contributed by atoms with E-state index in [0.717, 1.165) is 0 Å². The normalized spacial score (nSPS) is 27.3. The smallest absolute Gasteiger partial charge is 0.0603 e. The third kappa shape index (κ3) is 5.50. The summed E-state index contributed by atoms with van der Waals surface area (Å²) in [6.45, 7) is 7.83. The largest absolute Gasteiger partial charge is 0.375 e. The molecule has 1 saturated carbocycles. The Bertz CT molecular complexity index is 290. The van der Waals surface area contributed by atoms with E-state index in [1.165, 1.54) is 110 Å². The van der Waals surface area contributed by atoms with Gasteiger partial charge in [0.25, 0.3) is 0 Å². The number of hydrogen-bond acceptors (Lipinski definition) is 3. The van der Waals surface area contributed by atoms with Gasteiger partial charge in [0.1, 0.15) is 0 Å². The summed E-state index contributed by atoms with van der Waals surface area (Å²) < 4.78 is 6.35. The summed E-state index contributed by atoms with van der Waals surface area (Å²) in [4.78, 5) is 5.34. The lowest BCUT2D eigenvalue weighted by Crippen LogP contribution is -2.40. The van der Waals surface area contributed by atoms with Crippen molar-refractivity contribution in [3.05, 3.63) is 0 Å². The van der Waals surface area contributed by atoms with Crippen LogP contribution in [-0.2, 0) is 4.74 Å². The molecule has 0 radical (unpaired) electrons. The standard InChI is InChI=1S/C19H36N2O/c1-3-8-18(9-4-1)22-19-10-16-21(17-11-19)15-7-14-20-12-5-2-6-13-20/h18-19H,1-17H2. The lowest BCUT2D eigenvalue weighted by molar-refractivity contribution is -0.0559. The molecule has 22 heavy (non-hydrogen) atoms. The first-order valence-corrected chi connectivity index (χ1v) is 10.0. The molecule has 3 aliphatic rings. The quantitative estimate of drug-likeness (QED) is 0.744. The van der Waals surface area contributed by atoms with E-state index in [9.17, 15) is 0 Å². The van der Waals surface area contributed by atoms with Crippen molar-refractivity contribution in [1.82, 2.24) is 9.80 Å². The van der Waals surface area contributed by atoms with Gasteiger partial charge in [-0.25, -0.2) is 0 Å². The van der Waals surface area contributed by atoms with E-state index in [1.54, 1.807) is 0 Å². The molecule has 1 aliphatic carbocycles. The van der Waals surface area contributed by atoms with Gasteiger partial charge in [-0.15, -0.1) is 0 Å². The summed E-state index contributed by atoms with van der Waals surface area (Å²) in [7, 11) is 0. The molecule has 0 spiro atoms. The van der Waals surface area contributed by atoms with Crippen molar-refractivity contribution in [2.24, 2.45) is 0 Å². The van der Waals surface area contributed by atoms with Crippen LogP contribution in [0.25, 0.3) is 0 Å². The van der Waals surface area contributed by atoms with Crippen molar-refractivity contribution in [2.45, 2.75) is 82.8 Å². The highest BCUT2D eigenvalue weighted by atomic mass is 16.5. The predicted octanol–water partition coefficient (Wildman–Crippen LogP) is 3.68. The number of likely N-dealkylation sites (tertiary alicyclic amines) is 2. The van der Waals surface area contributed by atoms with Crippen LogP contribution in [0.5, 0.6) is 0 Å². The second kappa shape index (κ2) is 9.24. The minimum Gasteiger partial charge on any atom is -0.375 e. The lowest BCUT2D eigenvalue weighted by atomic mass is 9.97. The van der Waals surface area contributed by atoms with Gasteiger partial charge in [-0.05, 0) is 71.1 Å². The Kier molecular flexibility index (Phi) is 7.03. The molecule has 2 saturated heterocycles. The van der Waals surface area contributed by atoms with Crippen molar-refractivity contribution in [3.63, 3.8) is 0 Å². The lowest BCUT2D eigenvalue weighted by Gasteiger charge is -2.35. The van der Waals surface area contributed by atoms with Crippen LogP contribution in [0.2, 0.25) is 0 Å². The summed E-state index contributed by atoms with van der Waals surface area (Å²) in [5.74, 6) is 0. The van der Waals surface area contributed by atoms with Crippen molar-refractivity contribution in [1.29, 1.82) is 0 Å². The minimum atomic E-state index is 0.557. The van der Waals surface area contributed by atoms with E-state index in [4.69, 9.17) is 4.74 Å². The van der Waals surface area contributed by atoms with E-state index in [1.807, 2.05) is 0 Å². The van der Waals surface area contributed by atoms with Crippen LogP contribution in [0.3, 0.4) is 0 Å². The monoisotopic (exact) mass is 308 g/mol. The van der Waals surface area contributed by atoms with Gasteiger partial charge in [-0.2, -0.15) is 0 Å². The van der Waals surface area contributed by atoms with Crippen molar-refractivity contribution in [3.8, 4) is 0 Å². The second-order valence-electron chi connectivity index (χ2n) is 7.69. The van der Waals surface area contributed by atoms with Crippen molar-refractivity contribution < 1.29 is 4.74 Å². The van der Waals surface area contributed by atoms with Gasteiger partial charge in [0.05, 0.1) is 12.2 Å². The Balaban J connectivity index is 1.25. The van der Waals surface area contributed by atoms with E-state index < -0.39 is 0 Å². The van der Waals surface area contributed by atoms with Crippen molar-refractivity contribution >= 4 is 0 Å². The number of nitrogens with zero attached hydrogens (tertiary/aromatic N) is 2. The molecular weight excluding hydrogens is 272 g/mol. The Morgan fingerprint density at radius 3 is 1.82 bits per heavy atom. The average molecular weight is 309 g/mol. The summed E-state index contributed by atoms with van der Waals surface area (Å²) in [6, 6.07) is 0. The molecule has 0 aromatic rings. The zero-order chi connectivity index (χ0) is 15.0. The first-order valence-electron chi connectivity index (χ1n) is 10.0. The molecule has 0 aromatic heterocycles. The summed E-state index contributed by atoms with van der Waals surface area (Å²) >= 11 is 0. The second-order valence-corrected chi connectivity index (χ2v) is 7.69. The van der Waals surface area contributed by atoms with Crippen LogP contribution in [0, 0.1) is 0 Å². The molecule has 0 amide bonds. The van der Waals surface area contributed by atoms with Crippen LogP contribution < -0.4 is 0 Å². The Labute approximate surface area is 137 Å². The third-order valence-corrected chi connectivity index (χ3v) is 5.87. The van der Waals surface area contributed by atoms with Gasteiger partial charge in [0, 0.05) is 13.1 Å². The molecular formula is C19H36N2O. The summed E-state index contributed by atoms with van der Waals surface area (Å²) in [5, 5.41) is 0. The topological polar surface area (TPSA) is 15.7 Å². The minimum absolute atomic E-state index is 0.557. The highest BCUT2D eigenvalue weighted by molar-refractivity contribution is 4.76. The molecule has 0 atom stereocenters. The van der Waals surface area contributed by atoms with Gasteiger partial charge in [-0.1, -0.05) is 25.7 Å². The zero-order valence-corrected chi connectivity index (χ0v) is 14.5. The van der Waals surface area contributed by atoms with E-state index in [2.05, 4.69) is 9.80 Å². The number of hydrogen-bond donors (Lipinski definition) is 0. The summed E-state index contributed by atoms with van der Waals surface area (Å²) in [6.07, 6.45) is 16.2. The van der Waals surface area contributed by atoms with Gasteiger partial charge in [-0.3, -0.25) is 0 Å². The first kappa shape index (κ1) is 16.7. The van der Waals surface area contributed by atoms with E-state index >= 15 is 0 Å². The Morgan fingerprint density at radius 2 is 1.14 bits per heavy atom. The van der Waals surface area contributed by atoms with Gasteiger partial charge in [0.15, 0.2) is 0 Å². The van der Waals surface area contributed by atoms with E-state index in [0.29, 0.717) is 12.2 Å². The molecule has 0 bridgehead atoms. The average Bonchev–Trinajstić information content (AvgIpc) is 2.58. The summed E-state index contributed by atoms with van der Waals surface area (Å²) in [5.41, 5.74) is 0. The number of rotatable bonds is 6. The van der Waals surface area contributed by atoms with Crippen LogP contribution in [-0.4, -0.2) is 61.3 Å². The molecule has 0 unspecified atom stereocenters. The maximum Gasteiger partial charge on any atom is 0.0603 e. The molecule has 3 rings (SSSR count). The number of piperidine rings is 2. The fraction of sp³-hybridized carbons (Fsp3) is 1.00. The molecule has 3 heteroatoms. The fourth-order valence-electron chi connectivity index (χ4n) is 4.44. The van der Waals surface area contributed by atoms with Crippen LogP contribution in [0.15, 0.2) is 0 Å². The van der Waals surface area contributed by atoms with Crippen LogP contribution in [0.4, 0.5) is 0 Å². The molecule has 128 valence electrons. The molecule has 0 aromatic carbocycles. The Morgan fingerprint density at radius 1 is 0.591 bits per heavy atom. The van der Waals surface area contributed by atoms with Gasteiger partial charge in [0.2, 0.25) is 0 Å². The van der Waals surface area contributed by atoms with Crippen LogP contribution >= 0.6 is 0 Å². The molecule has 3 nitrogen and oxygen atoms in total. The molecule has 2 heterocycles. The third-order valence-electron chi connectivity index (χ3n) is 5.87. The van der Waals surface area contributed by atoms with Crippen molar-refractivity contribution in [2.75, 3.05) is 39.3 Å². The van der Waals surface area contributed by atoms with Gasteiger partial charge < -0.3 is 14.5 Å². The zero-order valence-electron chi connectivity index (χ0n) is 14.5. The number of ether oxygens (including phenoxy) is 1. The highest BCUT2D eigenvalue weighted by Crippen LogP contribution is 2.24. The first-order chi connectivity index (χ1) is 10.9. The maximum absolute atomic E-state index is 6.35. The highest BCUT2D eigenvalue weighted by Gasteiger charge is 2.23. The van der Waals surface area contributed by atoms with E-state index in [-0.39, 0.29) is 0 Å². The maximum atomic E-state index is 6.35. The Hall–Kier alpha value is -0.120. The molecule has 2 aliphatic heterocycles. The molecule has 3 fully saturated rings. The SMILES string of the molecule is C1CCC(OC2CCN(CCCN3CCCCC3)CC2)CC1. The fourth-order valence-corrected chi connectivity index (χ4v) is 4.44. The predicted molar refractivity (Wildman–Crippen MR) is 92.3 cm³/mol. The molecule has 0 N–H and O–H groups in total. The van der Waals surface area contributed by atoms with Gasteiger partial charge >= 0.3 is 0 Å².